The Hall–Kier alpha value is -0.830. The molecule has 0 aromatic heterocycles. The number of rotatable bonds is 4. The molecule has 0 aliphatic heterocycles. The molecule has 1 aliphatic carbocycles. The van der Waals surface area contributed by atoms with Crippen LogP contribution in [0.4, 0.5) is 0 Å². The number of likely N-dealkylation sites (N-methyl/N-ethyl adjacent to an activating group) is 1. The highest BCUT2D eigenvalue weighted by Crippen LogP contribution is 2.41. The van der Waals surface area contributed by atoms with Gasteiger partial charge >= 0.3 is 0 Å². The fraction of sp³-hybridized carbons (Fsp3) is 0.500. The van der Waals surface area contributed by atoms with Crippen LogP contribution in [0.3, 0.4) is 0 Å². The number of hydrogen-bond acceptors (Lipinski definition) is 2. The van der Waals surface area contributed by atoms with Gasteiger partial charge in [-0.05, 0) is 57.0 Å². The Bertz CT molecular complexity index is 595. The van der Waals surface area contributed by atoms with Crippen LogP contribution in [0.2, 0.25) is 10.0 Å². The minimum absolute atomic E-state index is 0.0498. The van der Waals surface area contributed by atoms with Gasteiger partial charge in [0.25, 0.3) is 0 Å². The van der Waals surface area contributed by atoms with Crippen LogP contribution in [0, 0.1) is 11.8 Å². The maximum Gasteiger partial charge on any atom is 0.188 e. The van der Waals surface area contributed by atoms with Gasteiger partial charge in [0.15, 0.2) is 5.78 Å². The van der Waals surface area contributed by atoms with E-state index in [9.17, 15) is 4.79 Å². The largest absolute Gasteiger partial charge is 0.294 e. The van der Waals surface area contributed by atoms with Crippen molar-refractivity contribution >= 4 is 29.0 Å². The van der Waals surface area contributed by atoms with Gasteiger partial charge in [-0.25, -0.2) is 0 Å². The predicted octanol–water partition coefficient (Wildman–Crippen LogP) is 5.10. The van der Waals surface area contributed by atoms with Gasteiger partial charge in [-0.2, -0.15) is 0 Å². The number of hydrogen-bond donors (Lipinski definition) is 0. The number of halogens is 2. The monoisotopic (exact) mass is 339 g/mol. The van der Waals surface area contributed by atoms with E-state index in [1.54, 1.807) is 18.2 Å². The molecular weight excluding hydrogens is 317 g/mol. The summed E-state index contributed by atoms with van der Waals surface area (Å²) in [6.07, 6.45) is 6.19. The van der Waals surface area contributed by atoms with E-state index >= 15 is 0 Å². The molecule has 2 nitrogen and oxygen atoms in total. The van der Waals surface area contributed by atoms with Crippen LogP contribution in [0.15, 0.2) is 30.4 Å². The highest BCUT2D eigenvalue weighted by atomic mass is 35.5. The van der Waals surface area contributed by atoms with Crippen molar-refractivity contribution in [2.24, 2.45) is 11.8 Å². The second kappa shape index (κ2) is 6.74. The molecule has 0 saturated carbocycles. The van der Waals surface area contributed by atoms with E-state index in [0.29, 0.717) is 21.5 Å². The molecule has 22 heavy (non-hydrogen) atoms. The van der Waals surface area contributed by atoms with Crippen LogP contribution in [0.25, 0.3) is 0 Å². The molecule has 0 fully saturated rings. The molecule has 2 rings (SSSR count). The third kappa shape index (κ3) is 2.97. The third-order valence-electron chi connectivity index (χ3n) is 4.67. The second-order valence-electron chi connectivity index (χ2n) is 6.50. The predicted molar refractivity (Wildman–Crippen MR) is 93.9 cm³/mol. The number of Topliss-reactive ketones (excluding diaryl/α,β-unsaturated/α-hetero) is 1. The summed E-state index contributed by atoms with van der Waals surface area (Å²) < 4.78 is 0. The first kappa shape index (κ1) is 17.5. The van der Waals surface area contributed by atoms with E-state index in [2.05, 4.69) is 26.0 Å². The van der Waals surface area contributed by atoms with Gasteiger partial charge in [-0.1, -0.05) is 49.2 Å². The van der Waals surface area contributed by atoms with Gasteiger partial charge in [-0.3, -0.25) is 9.69 Å². The Morgan fingerprint density at radius 1 is 1.32 bits per heavy atom. The molecule has 0 amide bonds. The van der Waals surface area contributed by atoms with Crippen molar-refractivity contribution in [3.63, 3.8) is 0 Å². The van der Waals surface area contributed by atoms with Crippen LogP contribution in [0.1, 0.15) is 37.0 Å². The zero-order valence-electron chi connectivity index (χ0n) is 13.6. The lowest BCUT2D eigenvalue weighted by molar-refractivity contribution is 0.0518. The smallest absolute Gasteiger partial charge is 0.188 e. The zero-order valence-corrected chi connectivity index (χ0v) is 15.1. The molecule has 0 spiro atoms. The Kier molecular flexibility index (Phi) is 5.37. The number of ketones is 1. The van der Waals surface area contributed by atoms with Gasteiger partial charge < -0.3 is 0 Å². The molecule has 1 aromatic carbocycles. The van der Waals surface area contributed by atoms with E-state index < -0.39 is 5.54 Å². The van der Waals surface area contributed by atoms with E-state index in [1.165, 1.54) is 0 Å². The molecular formula is C18H23Cl2NO. The first-order valence-corrected chi connectivity index (χ1v) is 8.41. The lowest BCUT2D eigenvalue weighted by atomic mass is 9.67. The number of nitrogens with zero attached hydrogens (tertiary/aromatic N) is 1. The molecule has 0 bridgehead atoms. The summed E-state index contributed by atoms with van der Waals surface area (Å²) in [5, 5.41) is 0.959. The molecule has 2 atom stereocenters. The first-order chi connectivity index (χ1) is 10.3. The Balaban J connectivity index is 2.57. The van der Waals surface area contributed by atoms with Crippen molar-refractivity contribution < 1.29 is 4.79 Å². The maximum absolute atomic E-state index is 13.4. The highest BCUT2D eigenvalue weighted by molar-refractivity contribution is 6.37. The molecule has 0 saturated heterocycles. The van der Waals surface area contributed by atoms with Crippen LogP contribution in [-0.2, 0) is 0 Å². The molecule has 0 radical (unpaired) electrons. The summed E-state index contributed by atoms with van der Waals surface area (Å²) in [5.74, 6) is 0.711. The normalized spacial score (nSPS) is 25.0. The lowest BCUT2D eigenvalue weighted by Gasteiger charge is -2.46. The van der Waals surface area contributed by atoms with Gasteiger partial charge in [-0.15, -0.1) is 0 Å². The number of benzene rings is 1. The minimum Gasteiger partial charge on any atom is -0.294 e. The van der Waals surface area contributed by atoms with E-state index in [4.69, 9.17) is 23.2 Å². The quantitative estimate of drug-likeness (QED) is 0.561. The topological polar surface area (TPSA) is 20.3 Å². The average Bonchev–Trinajstić information content (AvgIpc) is 2.46. The molecule has 120 valence electrons. The first-order valence-electron chi connectivity index (χ1n) is 7.65. The Morgan fingerprint density at radius 2 is 2.00 bits per heavy atom. The van der Waals surface area contributed by atoms with Crippen LogP contribution >= 0.6 is 23.2 Å². The van der Waals surface area contributed by atoms with Gasteiger partial charge in [0.1, 0.15) is 5.54 Å². The van der Waals surface area contributed by atoms with E-state index in [1.807, 2.05) is 19.0 Å². The summed E-state index contributed by atoms with van der Waals surface area (Å²) in [6, 6.07) is 5.09. The maximum atomic E-state index is 13.4. The fourth-order valence-corrected chi connectivity index (χ4v) is 4.04. The van der Waals surface area contributed by atoms with Gasteiger partial charge in [0.05, 0.1) is 5.02 Å². The van der Waals surface area contributed by atoms with Crippen LogP contribution < -0.4 is 0 Å². The van der Waals surface area contributed by atoms with Gasteiger partial charge in [0.2, 0.25) is 0 Å². The summed E-state index contributed by atoms with van der Waals surface area (Å²) in [5.41, 5.74) is -0.110. The van der Waals surface area contributed by atoms with Crippen molar-refractivity contribution in [2.75, 3.05) is 14.1 Å². The van der Waals surface area contributed by atoms with Crippen molar-refractivity contribution in [3.8, 4) is 0 Å². The molecule has 4 heteroatoms. The summed E-state index contributed by atoms with van der Waals surface area (Å²) >= 11 is 12.3. The third-order valence-corrected chi connectivity index (χ3v) is 5.21. The molecule has 0 N–H and O–H groups in total. The van der Waals surface area contributed by atoms with Crippen LogP contribution in [-0.4, -0.2) is 30.3 Å². The molecule has 1 aromatic rings. The van der Waals surface area contributed by atoms with Crippen molar-refractivity contribution in [1.82, 2.24) is 4.90 Å². The number of carbonyl (C=O) groups is 1. The number of carbonyl (C=O) groups excluding carboxylic acids is 1. The summed E-state index contributed by atoms with van der Waals surface area (Å²) in [7, 11) is 3.93. The van der Waals surface area contributed by atoms with E-state index in [0.717, 1.165) is 12.8 Å². The Morgan fingerprint density at radius 3 is 2.55 bits per heavy atom. The SMILES string of the molecule is CC(C)C1CCC=CC1(C(=O)c1ccc(Cl)cc1Cl)N(C)C. The summed E-state index contributed by atoms with van der Waals surface area (Å²) in [4.78, 5) is 15.4. The van der Waals surface area contributed by atoms with Crippen molar-refractivity contribution in [3.05, 3.63) is 46.0 Å². The fourth-order valence-electron chi connectivity index (χ4n) is 3.54. The van der Waals surface area contributed by atoms with Crippen molar-refractivity contribution in [2.45, 2.75) is 32.2 Å². The van der Waals surface area contributed by atoms with Crippen molar-refractivity contribution in [1.29, 1.82) is 0 Å². The highest BCUT2D eigenvalue weighted by Gasteiger charge is 2.48. The lowest BCUT2D eigenvalue weighted by Crippen LogP contribution is -2.57. The van der Waals surface area contributed by atoms with E-state index in [-0.39, 0.29) is 11.7 Å². The average molecular weight is 340 g/mol. The summed E-state index contributed by atoms with van der Waals surface area (Å²) in [6.45, 7) is 4.36. The second-order valence-corrected chi connectivity index (χ2v) is 7.35. The zero-order chi connectivity index (χ0) is 16.5. The number of allylic oxidation sites excluding steroid dienone is 1. The standard InChI is InChI=1S/C18H23Cl2NO/c1-12(2)15-7-5-6-10-18(15,21(3)4)17(22)14-9-8-13(19)11-16(14)20/h6,8-12,15H,5,7H2,1-4H3. The van der Waals surface area contributed by atoms with Gasteiger partial charge in [0, 0.05) is 10.6 Å². The van der Waals surface area contributed by atoms with Crippen LogP contribution in [0.5, 0.6) is 0 Å². The minimum atomic E-state index is -0.649. The molecule has 2 unspecified atom stereocenters. The molecule has 1 aliphatic rings. The molecule has 0 heterocycles. The Labute approximate surface area is 143 Å².